The molecule has 0 atom stereocenters. The number of hydrogen-bond donors (Lipinski definition) is 1. The lowest BCUT2D eigenvalue weighted by molar-refractivity contribution is -0.121. The average Bonchev–Trinajstić information content (AvgIpc) is 3.04. The zero-order valence-electron chi connectivity index (χ0n) is 11.0. The van der Waals surface area contributed by atoms with E-state index in [4.69, 9.17) is 0 Å². The maximum Gasteiger partial charge on any atom is 0.221 e. The van der Waals surface area contributed by atoms with Gasteiger partial charge in [0.25, 0.3) is 0 Å². The van der Waals surface area contributed by atoms with Gasteiger partial charge in [0.15, 0.2) is 5.78 Å². The first-order chi connectivity index (χ1) is 8.56. The highest BCUT2D eigenvalue weighted by Crippen LogP contribution is 2.32. The van der Waals surface area contributed by atoms with E-state index in [1.165, 1.54) is 0 Å². The summed E-state index contributed by atoms with van der Waals surface area (Å²) in [7, 11) is 0. The SMILES string of the molecule is CC(C)NC(=O)CCn1ccc(C(=O)C2CC2)c1. The number of ketones is 1. The summed E-state index contributed by atoms with van der Waals surface area (Å²) in [6, 6.07) is 2.02. The molecule has 0 aliphatic heterocycles. The van der Waals surface area contributed by atoms with E-state index in [1.54, 1.807) is 0 Å². The van der Waals surface area contributed by atoms with E-state index in [-0.39, 0.29) is 23.7 Å². The predicted octanol–water partition coefficient (Wildman–Crippen LogP) is 2.00. The topological polar surface area (TPSA) is 51.1 Å². The molecule has 98 valence electrons. The maximum absolute atomic E-state index is 11.8. The Bertz CT molecular complexity index is 444. The number of carbonyl (C=O) groups is 2. The minimum Gasteiger partial charge on any atom is -0.354 e. The molecule has 0 aromatic carbocycles. The molecule has 1 saturated carbocycles. The number of nitrogens with zero attached hydrogens (tertiary/aromatic N) is 1. The van der Waals surface area contributed by atoms with Crippen molar-refractivity contribution < 1.29 is 9.59 Å². The first kappa shape index (κ1) is 12.9. The molecule has 0 radical (unpaired) electrons. The van der Waals surface area contributed by atoms with Gasteiger partial charge in [0.2, 0.25) is 5.91 Å². The molecule has 0 spiro atoms. The molecule has 18 heavy (non-hydrogen) atoms. The lowest BCUT2D eigenvalue weighted by atomic mass is 10.1. The van der Waals surface area contributed by atoms with Gasteiger partial charge in [-0.3, -0.25) is 9.59 Å². The van der Waals surface area contributed by atoms with Crippen molar-refractivity contribution in [2.75, 3.05) is 0 Å². The lowest BCUT2D eigenvalue weighted by Crippen LogP contribution is -2.30. The Hall–Kier alpha value is -1.58. The van der Waals surface area contributed by atoms with Crippen molar-refractivity contribution in [3.63, 3.8) is 0 Å². The maximum atomic E-state index is 11.8. The highest BCUT2D eigenvalue weighted by Gasteiger charge is 2.30. The summed E-state index contributed by atoms with van der Waals surface area (Å²) in [4.78, 5) is 23.3. The molecular weight excluding hydrogens is 228 g/mol. The number of carbonyl (C=O) groups excluding carboxylic acids is 2. The van der Waals surface area contributed by atoms with Gasteiger partial charge in [-0.2, -0.15) is 0 Å². The smallest absolute Gasteiger partial charge is 0.221 e. The van der Waals surface area contributed by atoms with Gasteiger partial charge in [0.05, 0.1) is 0 Å². The minimum atomic E-state index is 0.0498. The van der Waals surface area contributed by atoms with Crippen LogP contribution >= 0.6 is 0 Å². The molecule has 0 saturated heterocycles. The van der Waals surface area contributed by atoms with Gasteiger partial charge in [-0.1, -0.05) is 0 Å². The van der Waals surface area contributed by atoms with E-state index >= 15 is 0 Å². The third-order valence-corrected chi connectivity index (χ3v) is 3.03. The second-order valence-electron chi connectivity index (χ2n) is 5.25. The van der Waals surface area contributed by atoms with Crippen molar-refractivity contribution in [2.45, 2.75) is 45.7 Å². The Morgan fingerprint density at radius 1 is 1.44 bits per heavy atom. The first-order valence-corrected chi connectivity index (χ1v) is 6.55. The van der Waals surface area contributed by atoms with E-state index in [0.717, 1.165) is 18.4 Å². The quantitative estimate of drug-likeness (QED) is 0.783. The van der Waals surface area contributed by atoms with Crippen molar-refractivity contribution in [3.8, 4) is 0 Å². The van der Waals surface area contributed by atoms with Crippen molar-refractivity contribution in [1.82, 2.24) is 9.88 Å². The number of Topliss-reactive ketones (excluding diaryl/α,β-unsaturated/α-hetero) is 1. The van der Waals surface area contributed by atoms with Crippen LogP contribution in [-0.4, -0.2) is 22.3 Å². The van der Waals surface area contributed by atoms with Crippen molar-refractivity contribution >= 4 is 11.7 Å². The van der Waals surface area contributed by atoms with Crippen LogP contribution in [0.4, 0.5) is 0 Å². The van der Waals surface area contributed by atoms with Crippen LogP contribution in [0.3, 0.4) is 0 Å². The fourth-order valence-electron chi connectivity index (χ4n) is 1.93. The Labute approximate surface area is 107 Å². The van der Waals surface area contributed by atoms with E-state index in [2.05, 4.69) is 5.32 Å². The van der Waals surface area contributed by atoms with Gasteiger partial charge in [-0.15, -0.1) is 0 Å². The van der Waals surface area contributed by atoms with Crippen molar-refractivity contribution in [3.05, 3.63) is 24.0 Å². The van der Waals surface area contributed by atoms with Gasteiger partial charge in [0.1, 0.15) is 0 Å². The van der Waals surface area contributed by atoms with Crippen molar-refractivity contribution in [1.29, 1.82) is 0 Å². The molecule has 2 rings (SSSR count). The molecule has 0 bridgehead atoms. The minimum absolute atomic E-state index is 0.0498. The average molecular weight is 248 g/mol. The zero-order chi connectivity index (χ0) is 13.1. The summed E-state index contributed by atoms with van der Waals surface area (Å²) in [5.74, 6) is 0.555. The number of rotatable bonds is 6. The normalized spacial score (nSPS) is 14.8. The van der Waals surface area contributed by atoms with E-state index in [0.29, 0.717) is 13.0 Å². The summed E-state index contributed by atoms with van der Waals surface area (Å²) in [6.45, 7) is 4.51. The van der Waals surface area contributed by atoms with Crippen LogP contribution in [0.5, 0.6) is 0 Å². The molecule has 4 heteroatoms. The van der Waals surface area contributed by atoms with Gasteiger partial charge >= 0.3 is 0 Å². The van der Waals surface area contributed by atoms with E-state index in [9.17, 15) is 9.59 Å². The molecule has 1 aliphatic carbocycles. The van der Waals surface area contributed by atoms with E-state index < -0.39 is 0 Å². The molecule has 4 nitrogen and oxygen atoms in total. The van der Waals surface area contributed by atoms with Crippen LogP contribution in [0.25, 0.3) is 0 Å². The molecular formula is C14H20N2O2. The molecule has 0 unspecified atom stereocenters. The second kappa shape index (κ2) is 5.38. The lowest BCUT2D eigenvalue weighted by Gasteiger charge is -2.08. The van der Waals surface area contributed by atoms with Crippen LogP contribution in [0.1, 0.15) is 43.5 Å². The van der Waals surface area contributed by atoms with Crippen molar-refractivity contribution in [2.24, 2.45) is 5.92 Å². The summed E-state index contributed by atoms with van der Waals surface area (Å²) < 4.78 is 1.91. The first-order valence-electron chi connectivity index (χ1n) is 6.55. The summed E-state index contributed by atoms with van der Waals surface area (Å²) in [5.41, 5.74) is 0.779. The van der Waals surface area contributed by atoms with Crippen LogP contribution in [-0.2, 0) is 11.3 Å². The summed E-state index contributed by atoms with van der Waals surface area (Å²) in [6.07, 6.45) is 6.23. The standard InChI is InChI=1S/C14H20N2O2/c1-10(2)15-13(17)6-8-16-7-5-12(9-16)14(18)11-3-4-11/h5,7,9-11H,3-4,6,8H2,1-2H3,(H,15,17). The fraction of sp³-hybridized carbons (Fsp3) is 0.571. The number of amides is 1. The fourth-order valence-corrected chi connectivity index (χ4v) is 1.93. The Morgan fingerprint density at radius 3 is 2.78 bits per heavy atom. The van der Waals surface area contributed by atoms with Gasteiger partial charge < -0.3 is 9.88 Å². The number of aryl methyl sites for hydroxylation is 1. The predicted molar refractivity (Wildman–Crippen MR) is 69.4 cm³/mol. The molecule has 1 aliphatic rings. The van der Waals surface area contributed by atoms with Crippen LogP contribution in [0.2, 0.25) is 0 Å². The van der Waals surface area contributed by atoms with Gasteiger partial charge in [0, 0.05) is 42.9 Å². The highest BCUT2D eigenvalue weighted by atomic mass is 16.1. The number of aromatic nitrogens is 1. The monoisotopic (exact) mass is 248 g/mol. The summed E-state index contributed by atoms with van der Waals surface area (Å²) >= 11 is 0. The highest BCUT2D eigenvalue weighted by molar-refractivity contribution is 5.99. The molecule has 1 amide bonds. The van der Waals surface area contributed by atoms with Crippen LogP contribution in [0, 0.1) is 5.92 Å². The van der Waals surface area contributed by atoms with Gasteiger partial charge in [-0.05, 0) is 32.8 Å². The third kappa shape index (κ3) is 3.45. The van der Waals surface area contributed by atoms with Crippen LogP contribution in [0.15, 0.2) is 18.5 Å². The zero-order valence-corrected chi connectivity index (χ0v) is 11.0. The molecule has 1 aromatic heterocycles. The third-order valence-electron chi connectivity index (χ3n) is 3.03. The molecule has 1 heterocycles. The Balaban J connectivity index is 1.83. The summed E-state index contributed by atoms with van der Waals surface area (Å²) in [5, 5.41) is 2.85. The molecule has 1 N–H and O–H groups in total. The Kier molecular flexibility index (Phi) is 3.84. The van der Waals surface area contributed by atoms with Crippen LogP contribution < -0.4 is 5.32 Å². The van der Waals surface area contributed by atoms with E-state index in [1.807, 2.05) is 36.9 Å². The Morgan fingerprint density at radius 2 is 2.17 bits per heavy atom. The molecule has 1 fully saturated rings. The number of hydrogen-bond acceptors (Lipinski definition) is 2. The van der Waals surface area contributed by atoms with Gasteiger partial charge in [-0.25, -0.2) is 0 Å². The second-order valence-corrected chi connectivity index (χ2v) is 5.25. The number of nitrogens with one attached hydrogen (secondary N) is 1. The molecule has 1 aromatic rings. The largest absolute Gasteiger partial charge is 0.354 e.